The van der Waals surface area contributed by atoms with Gasteiger partial charge in [0.05, 0.1) is 18.6 Å². The first-order valence-corrected chi connectivity index (χ1v) is 11.6. The van der Waals surface area contributed by atoms with E-state index >= 15 is 0 Å². The lowest BCUT2D eigenvalue weighted by Crippen LogP contribution is -2.31. The zero-order valence-electron chi connectivity index (χ0n) is 18.5. The molecule has 3 rings (SSSR count). The Morgan fingerprint density at radius 2 is 1.64 bits per heavy atom. The van der Waals surface area contributed by atoms with E-state index in [4.69, 9.17) is 9.47 Å². The van der Waals surface area contributed by atoms with E-state index < -0.39 is 15.8 Å². The van der Waals surface area contributed by atoms with E-state index in [-0.39, 0.29) is 28.7 Å². The number of nitrogens with one attached hydrogen (secondary N) is 1. The standard InChI is InChI=1S/C24H25FN2O5S/c1-17-4-13-22(33(29,30)26-19-7-5-18(25)6-8-19)16-23(17)24(28)27(2)14-15-32-21-11-9-20(31-3)10-12-21/h4-13,16,26H,14-15H2,1-3H3. The van der Waals surface area contributed by atoms with Crippen LogP contribution in [-0.4, -0.2) is 46.5 Å². The average Bonchev–Trinajstić information content (AvgIpc) is 2.80. The maximum atomic E-state index is 13.1. The number of amides is 1. The largest absolute Gasteiger partial charge is 0.497 e. The Balaban J connectivity index is 1.67. The lowest BCUT2D eigenvalue weighted by molar-refractivity contribution is 0.0773. The molecule has 0 spiro atoms. The van der Waals surface area contributed by atoms with Crippen LogP contribution in [0.15, 0.2) is 71.6 Å². The van der Waals surface area contributed by atoms with Crippen molar-refractivity contribution in [2.45, 2.75) is 11.8 Å². The molecule has 0 radical (unpaired) electrons. The van der Waals surface area contributed by atoms with Gasteiger partial charge in [-0.3, -0.25) is 9.52 Å². The van der Waals surface area contributed by atoms with Gasteiger partial charge >= 0.3 is 0 Å². The number of aryl methyl sites for hydroxylation is 1. The van der Waals surface area contributed by atoms with Gasteiger partial charge in [0.15, 0.2) is 0 Å². The molecule has 9 heteroatoms. The number of nitrogens with zero attached hydrogens (tertiary/aromatic N) is 1. The van der Waals surface area contributed by atoms with Gasteiger partial charge in [0.25, 0.3) is 15.9 Å². The summed E-state index contributed by atoms with van der Waals surface area (Å²) in [6.45, 7) is 2.30. The maximum absolute atomic E-state index is 13.1. The monoisotopic (exact) mass is 472 g/mol. The molecule has 0 fully saturated rings. The van der Waals surface area contributed by atoms with Crippen LogP contribution in [0.5, 0.6) is 11.5 Å². The number of anilines is 1. The van der Waals surface area contributed by atoms with E-state index in [2.05, 4.69) is 4.72 Å². The van der Waals surface area contributed by atoms with Crippen LogP contribution in [0.2, 0.25) is 0 Å². The fourth-order valence-electron chi connectivity index (χ4n) is 3.01. The van der Waals surface area contributed by atoms with E-state index in [1.165, 1.54) is 29.2 Å². The molecule has 174 valence electrons. The van der Waals surface area contributed by atoms with Crippen LogP contribution in [0.1, 0.15) is 15.9 Å². The summed E-state index contributed by atoms with van der Waals surface area (Å²) in [5.74, 6) is 0.562. The zero-order chi connectivity index (χ0) is 24.0. The summed E-state index contributed by atoms with van der Waals surface area (Å²) in [6, 6.07) is 16.4. The van der Waals surface area contributed by atoms with Crippen molar-refractivity contribution in [3.05, 3.63) is 83.7 Å². The smallest absolute Gasteiger partial charge is 0.261 e. The molecule has 0 saturated heterocycles. The Bertz CT molecular complexity index is 1210. The maximum Gasteiger partial charge on any atom is 0.261 e. The number of halogens is 1. The molecule has 0 aliphatic heterocycles. The summed E-state index contributed by atoms with van der Waals surface area (Å²) >= 11 is 0. The van der Waals surface area contributed by atoms with Crippen molar-refractivity contribution in [1.29, 1.82) is 0 Å². The van der Waals surface area contributed by atoms with Gasteiger partial charge in [-0.25, -0.2) is 12.8 Å². The number of carbonyl (C=O) groups is 1. The van der Waals surface area contributed by atoms with Crippen LogP contribution >= 0.6 is 0 Å². The van der Waals surface area contributed by atoms with E-state index in [0.717, 1.165) is 12.1 Å². The molecule has 33 heavy (non-hydrogen) atoms. The van der Waals surface area contributed by atoms with Gasteiger partial charge < -0.3 is 14.4 Å². The topological polar surface area (TPSA) is 84.9 Å². The highest BCUT2D eigenvalue weighted by atomic mass is 32.2. The number of likely N-dealkylation sites (N-methyl/N-ethyl adjacent to an activating group) is 1. The fraction of sp³-hybridized carbons (Fsp3) is 0.208. The van der Waals surface area contributed by atoms with Crippen LogP contribution in [0, 0.1) is 12.7 Å². The van der Waals surface area contributed by atoms with Crippen LogP contribution in [-0.2, 0) is 10.0 Å². The van der Waals surface area contributed by atoms with Crippen molar-refractivity contribution in [2.75, 3.05) is 32.0 Å². The van der Waals surface area contributed by atoms with Crippen molar-refractivity contribution in [3.8, 4) is 11.5 Å². The van der Waals surface area contributed by atoms with Gasteiger partial charge in [-0.2, -0.15) is 0 Å². The first-order chi connectivity index (χ1) is 15.7. The van der Waals surface area contributed by atoms with Gasteiger partial charge in [-0.15, -0.1) is 0 Å². The number of sulfonamides is 1. The summed E-state index contributed by atoms with van der Waals surface area (Å²) in [4.78, 5) is 14.4. The van der Waals surface area contributed by atoms with Crippen LogP contribution in [0.25, 0.3) is 0 Å². The molecule has 0 bridgehead atoms. The third-order valence-electron chi connectivity index (χ3n) is 4.95. The highest BCUT2D eigenvalue weighted by molar-refractivity contribution is 7.92. The number of carbonyl (C=O) groups excluding carboxylic acids is 1. The third kappa shape index (κ3) is 6.23. The highest BCUT2D eigenvalue weighted by Crippen LogP contribution is 2.21. The molecule has 0 saturated carbocycles. The molecule has 1 amide bonds. The van der Waals surface area contributed by atoms with Crippen LogP contribution < -0.4 is 14.2 Å². The van der Waals surface area contributed by atoms with E-state index in [0.29, 0.717) is 23.6 Å². The van der Waals surface area contributed by atoms with Gasteiger partial charge in [0, 0.05) is 18.3 Å². The molecular weight excluding hydrogens is 447 g/mol. The minimum atomic E-state index is -3.96. The predicted octanol–water partition coefficient (Wildman–Crippen LogP) is 4.09. The Hall–Kier alpha value is -3.59. The number of rotatable bonds is 9. The minimum absolute atomic E-state index is 0.0661. The molecule has 0 aliphatic carbocycles. The van der Waals surface area contributed by atoms with E-state index in [1.807, 2.05) is 0 Å². The molecule has 0 aromatic heterocycles. The van der Waals surface area contributed by atoms with Crippen molar-refractivity contribution >= 4 is 21.6 Å². The second kappa shape index (κ2) is 10.4. The Morgan fingerprint density at radius 1 is 1.00 bits per heavy atom. The number of ether oxygens (including phenoxy) is 2. The van der Waals surface area contributed by atoms with Crippen molar-refractivity contribution in [2.24, 2.45) is 0 Å². The van der Waals surface area contributed by atoms with Crippen molar-refractivity contribution in [1.82, 2.24) is 4.90 Å². The molecule has 0 unspecified atom stereocenters. The summed E-state index contributed by atoms with van der Waals surface area (Å²) in [5, 5.41) is 0. The van der Waals surface area contributed by atoms with E-state index in [9.17, 15) is 17.6 Å². The summed E-state index contributed by atoms with van der Waals surface area (Å²) in [7, 11) is -0.759. The molecule has 0 atom stereocenters. The van der Waals surface area contributed by atoms with Crippen LogP contribution in [0.3, 0.4) is 0 Å². The van der Waals surface area contributed by atoms with Crippen molar-refractivity contribution < 1.29 is 27.1 Å². The van der Waals surface area contributed by atoms with Crippen molar-refractivity contribution in [3.63, 3.8) is 0 Å². The zero-order valence-corrected chi connectivity index (χ0v) is 19.4. The number of hydrogen-bond donors (Lipinski definition) is 1. The SMILES string of the molecule is COc1ccc(OCCN(C)C(=O)c2cc(S(=O)(=O)Nc3ccc(F)cc3)ccc2C)cc1. The van der Waals surface area contributed by atoms with Gasteiger partial charge in [-0.1, -0.05) is 6.07 Å². The average molecular weight is 473 g/mol. The highest BCUT2D eigenvalue weighted by Gasteiger charge is 2.20. The second-order valence-corrected chi connectivity index (χ2v) is 9.02. The summed E-state index contributed by atoms with van der Waals surface area (Å²) in [6.07, 6.45) is 0. The molecule has 1 N–H and O–H groups in total. The molecule has 7 nitrogen and oxygen atoms in total. The Labute approximate surface area is 192 Å². The van der Waals surface area contributed by atoms with Gasteiger partial charge in [0.1, 0.15) is 23.9 Å². The quantitative estimate of drug-likeness (QED) is 0.507. The fourth-order valence-corrected chi connectivity index (χ4v) is 4.09. The molecule has 3 aromatic rings. The Morgan fingerprint density at radius 3 is 2.27 bits per heavy atom. The Kier molecular flexibility index (Phi) is 7.55. The normalized spacial score (nSPS) is 11.0. The number of methoxy groups -OCH3 is 1. The molecule has 0 heterocycles. The predicted molar refractivity (Wildman–Crippen MR) is 124 cm³/mol. The first-order valence-electron chi connectivity index (χ1n) is 10.1. The van der Waals surface area contributed by atoms with Gasteiger partial charge in [-0.05, 0) is 73.2 Å². The first kappa shape index (κ1) is 24.1. The van der Waals surface area contributed by atoms with E-state index in [1.54, 1.807) is 51.4 Å². The van der Waals surface area contributed by atoms with Gasteiger partial charge in [0.2, 0.25) is 0 Å². The lowest BCUT2D eigenvalue weighted by atomic mass is 10.1. The molecule has 3 aromatic carbocycles. The summed E-state index contributed by atoms with van der Waals surface area (Å²) in [5.41, 5.74) is 1.13. The number of benzene rings is 3. The minimum Gasteiger partial charge on any atom is -0.497 e. The molecule has 0 aliphatic rings. The molecular formula is C24H25FN2O5S. The lowest BCUT2D eigenvalue weighted by Gasteiger charge is -2.19. The van der Waals surface area contributed by atoms with Crippen LogP contribution in [0.4, 0.5) is 10.1 Å². The second-order valence-electron chi connectivity index (χ2n) is 7.34. The number of hydrogen-bond acceptors (Lipinski definition) is 5. The third-order valence-corrected chi connectivity index (χ3v) is 6.33. The summed E-state index contributed by atoms with van der Waals surface area (Å²) < 4.78 is 51.8.